The number of nitrogens with one attached hydrogen (secondary N) is 1. The first-order valence-corrected chi connectivity index (χ1v) is 7.44. The van der Waals surface area contributed by atoms with Crippen molar-refractivity contribution in [2.24, 2.45) is 0 Å². The summed E-state index contributed by atoms with van der Waals surface area (Å²) in [6.45, 7) is 6.87. The average molecular weight is 306 g/mol. The molecule has 0 aliphatic heterocycles. The van der Waals surface area contributed by atoms with E-state index in [-0.39, 0.29) is 12.1 Å². The van der Waals surface area contributed by atoms with Crippen LogP contribution in [0.15, 0.2) is 36.9 Å². The van der Waals surface area contributed by atoms with Crippen molar-refractivity contribution >= 4 is 11.6 Å². The predicted molar refractivity (Wildman–Crippen MR) is 84.8 cm³/mol. The zero-order valence-electron chi connectivity index (χ0n) is 12.5. The monoisotopic (exact) mass is 305 g/mol. The molecule has 0 aliphatic carbocycles. The molecule has 0 saturated carbocycles. The lowest BCUT2D eigenvalue weighted by Gasteiger charge is -2.20. The van der Waals surface area contributed by atoms with Crippen molar-refractivity contribution in [1.29, 1.82) is 0 Å². The summed E-state index contributed by atoms with van der Waals surface area (Å²) in [4.78, 5) is 8.31. The molecule has 0 aliphatic rings. The normalized spacial score (nSPS) is 12.4. The highest BCUT2D eigenvalue weighted by Gasteiger charge is 2.17. The number of pyridine rings is 2. The van der Waals surface area contributed by atoms with Crippen LogP contribution in [0.25, 0.3) is 0 Å². The third-order valence-corrected chi connectivity index (χ3v) is 3.28. The molecule has 0 aromatic carbocycles. The van der Waals surface area contributed by atoms with E-state index in [0.717, 1.165) is 23.4 Å². The van der Waals surface area contributed by atoms with E-state index in [1.807, 2.05) is 32.2 Å². The molecule has 0 fully saturated rings. The summed E-state index contributed by atoms with van der Waals surface area (Å²) in [5.41, 5.74) is 2.00. The number of aromatic nitrogens is 2. The quantitative estimate of drug-likeness (QED) is 0.885. The van der Waals surface area contributed by atoms with Gasteiger partial charge in [-0.25, -0.2) is 0 Å². The smallest absolute Gasteiger partial charge is 0.138 e. The van der Waals surface area contributed by atoms with Gasteiger partial charge < -0.3 is 10.1 Å². The van der Waals surface area contributed by atoms with Crippen LogP contribution in [0.4, 0.5) is 0 Å². The largest absolute Gasteiger partial charge is 0.489 e. The second kappa shape index (κ2) is 7.38. The molecule has 2 heterocycles. The fraction of sp³-hybridized carbons (Fsp3) is 0.375. The van der Waals surface area contributed by atoms with Crippen LogP contribution in [-0.2, 0) is 0 Å². The van der Waals surface area contributed by atoms with E-state index >= 15 is 0 Å². The maximum atomic E-state index is 6.27. The first-order chi connectivity index (χ1) is 10.1. The summed E-state index contributed by atoms with van der Waals surface area (Å²) in [5, 5.41) is 4.07. The van der Waals surface area contributed by atoms with Gasteiger partial charge in [-0.1, -0.05) is 18.5 Å². The molecule has 4 nitrogen and oxygen atoms in total. The number of rotatable bonds is 6. The van der Waals surface area contributed by atoms with Crippen molar-refractivity contribution in [2.75, 3.05) is 6.54 Å². The van der Waals surface area contributed by atoms with Gasteiger partial charge in [0.25, 0.3) is 0 Å². The van der Waals surface area contributed by atoms with Gasteiger partial charge in [0, 0.05) is 18.6 Å². The van der Waals surface area contributed by atoms with Crippen LogP contribution in [-0.4, -0.2) is 22.6 Å². The van der Waals surface area contributed by atoms with Gasteiger partial charge in [0.2, 0.25) is 0 Å². The summed E-state index contributed by atoms with van der Waals surface area (Å²) >= 11 is 6.27. The number of ether oxygens (including phenoxy) is 1. The zero-order valence-corrected chi connectivity index (χ0v) is 13.3. The number of nitrogens with zero attached hydrogens (tertiary/aromatic N) is 2. The van der Waals surface area contributed by atoms with Crippen LogP contribution < -0.4 is 10.1 Å². The van der Waals surface area contributed by atoms with E-state index in [1.165, 1.54) is 0 Å². The van der Waals surface area contributed by atoms with E-state index in [9.17, 15) is 0 Å². The second-order valence-corrected chi connectivity index (χ2v) is 5.42. The molecule has 0 amide bonds. The van der Waals surface area contributed by atoms with E-state index in [4.69, 9.17) is 16.3 Å². The Hall–Kier alpha value is -1.65. The Balaban J connectivity index is 2.36. The molecule has 1 N–H and O–H groups in total. The maximum Gasteiger partial charge on any atom is 0.138 e. The first kappa shape index (κ1) is 15.7. The zero-order chi connectivity index (χ0) is 15.2. The van der Waals surface area contributed by atoms with Crippen molar-refractivity contribution in [1.82, 2.24) is 15.3 Å². The molecule has 2 aromatic rings. The lowest BCUT2D eigenvalue weighted by atomic mass is 10.0. The molecular formula is C16H20ClN3O. The van der Waals surface area contributed by atoms with Gasteiger partial charge in [0.15, 0.2) is 0 Å². The van der Waals surface area contributed by atoms with E-state index < -0.39 is 0 Å². The molecule has 1 atom stereocenters. The first-order valence-electron chi connectivity index (χ1n) is 7.06. The Morgan fingerprint density at radius 3 is 2.71 bits per heavy atom. The summed E-state index contributed by atoms with van der Waals surface area (Å²) in [5.74, 6) is 0.760. The number of hydrogen-bond acceptors (Lipinski definition) is 4. The molecule has 0 spiro atoms. The maximum absolute atomic E-state index is 6.27. The van der Waals surface area contributed by atoms with Crippen LogP contribution in [0.3, 0.4) is 0 Å². The molecule has 21 heavy (non-hydrogen) atoms. The number of halogens is 1. The molecule has 2 aromatic heterocycles. The van der Waals surface area contributed by atoms with Gasteiger partial charge in [-0.15, -0.1) is 0 Å². The molecule has 0 radical (unpaired) electrons. The van der Waals surface area contributed by atoms with Gasteiger partial charge in [-0.3, -0.25) is 9.97 Å². The standard InChI is InChI=1S/C16H20ClN3O/c1-4-20-16(14-5-6-18-10-15(14)17)12-7-13(9-19-8-12)21-11(2)3/h5-11,16,20H,4H2,1-3H3. The van der Waals surface area contributed by atoms with Crippen molar-refractivity contribution in [2.45, 2.75) is 32.9 Å². The van der Waals surface area contributed by atoms with Gasteiger partial charge in [0.1, 0.15) is 5.75 Å². The second-order valence-electron chi connectivity index (χ2n) is 5.01. The Morgan fingerprint density at radius 2 is 2.05 bits per heavy atom. The molecule has 112 valence electrons. The van der Waals surface area contributed by atoms with E-state index in [1.54, 1.807) is 18.6 Å². The lowest BCUT2D eigenvalue weighted by molar-refractivity contribution is 0.241. The SMILES string of the molecule is CCNC(c1cncc(OC(C)C)c1)c1ccncc1Cl. The van der Waals surface area contributed by atoms with Crippen molar-refractivity contribution in [3.63, 3.8) is 0 Å². The van der Waals surface area contributed by atoms with Crippen molar-refractivity contribution < 1.29 is 4.74 Å². The highest BCUT2D eigenvalue weighted by Crippen LogP contribution is 2.29. The van der Waals surface area contributed by atoms with Crippen LogP contribution in [0.2, 0.25) is 5.02 Å². The van der Waals surface area contributed by atoms with Crippen molar-refractivity contribution in [3.8, 4) is 5.75 Å². The van der Waals surface area contributed by atoms with Crippen LogP contribution in [0.5, 0.6) is 5.75 Å². The minimum atomic E-state index is -0.0336. The molecule has 2 rings (SSSR count). The fourth-order valence-corrected chi connectivity index (χ4v) is 2.39. The molecular weight excluding hydrogens is 286 g/mol. The van der Waals surface area contributed by atoms with Crippen molar-refractivity contribution in [3.05, 3.63) is 53.1 Å². The minimum Gasteiger partial charge on any atom is -0.489 e. The fourth-order valence-electron chi connectivity index (χ4n) is 2.16. The average Bonchev–Trinajstić information content (AvgIpc) is 2.45. The van der Waals surface area contributed by atoms with Gasteiger partial charge in [-0.05, 0) is 43.7 Å². The van der Waals surface area contributed by atoms with Gasteiger partial charge in [0.05, 0.1) is 23.4 Å². The molecule has 5 heteroatoms. The molecule has 0 bridgehead atoms. The lowest BCUT2D eigenvalue weighted by Crippen LogP contribution is -2.22. The highest BCUT2D eigenvalue weighted by molar-refractivity contribution is 6.31. The Kier molecular flexibility index (Phi) is 5.53. The third-order valence-electron chi connectivity index (χ3n) is 2.96. The summed E-state index contributed by atoms with van der Waals surface area (Å²) in [7, 11) is 0. The third kappa shape index (κ3) is 4.16. The minimum absolute atomic E-state index is 0.0336. The topological polar surface area (TPSA) is 47.0 Å². The van der Waals surface area contributed by atoms with E-state index in [0.29, 0.717) is 5.02 Å². The molecule has 0 saturated heterocycles. The Bertz CT molecular complexity index is 589. The number of hydrogen-bond donors (Lipinski definition) is 1. The van der Waals surface area contributed by atoms with Gasteiger partial charge in [-0.2, -0.15) is 0 Å². The van der Waals surface area contributed by atoms with Crippen LogP contribution in [0, 0.1) is 0 Å². The van der Waals surface area contributed by atoms with Crippen LogP contribution in [0.1, 0.15) is 37.9 Å². The van der Waals surface area contributed by atoms with E-state index in [2.05, 4.69) is 22.2 Å². The Morgan fingerprint density at radius 1 is 1.24 bits per heavy atom. The van der Waals surface area contributed by atoms with Crippen LogP contribution >= 0.6 is 11.6 Å². The van der Waals surface area contributed by atoms with Gasteiger partial charge >= 0.3 is 0 Å². The summed E-state index contributed by atoms with van der Waals surface area (Å²) < 4.78 is 5.71. The summed E-state index contributed by atoms with van der Waals surface area (Å²) in [6, 6.07) is 3.89. The predicted octanol–water partition coefficient (Wildman–Crippen LogP) is 3.62. The highest BCUT2D eigenvalue weighted by atomic mass is 35.5. The summed E-state index contributed by atoms with van der Waals surface area (Å²) in [6.07, 6.45) is 7.07. The Labute approximate surface area is 130 Å². The molecule has 1 unspecified atom stereocenters.